The molecule has 0 spiro atoms. The van der Waals surface area contributed by atoms with Crippen LogP contribution in [0, 0.1) is 10.1 Å². The van der Waals surface area contributed by atoms with Crippen LogP contribution in [0.25, 0.3) is 0 Å². The van der Waals surface area contributed by atoms with E-state index in [1.165, 1.54) is 12.1 Å². The van der Waals surface area contributed by atoms with E-state index < -0.39 is 15.0 Å². The van der Waals surface area contributed by atoms with Gasteiger partial charge in [0.1, 0.15) is 19.0 Å². The molecule has 8 nitrogen and oxygen atoms in total. The molecule has 9 heteroatoms. The number of rotatable bonds is 6. The Morgan fingerprint density at radius 2 is 2.06 bits per heavy atom. The summed E-state index contributed by atoms with van der Waals surface area (Å²) < 4.78 is 30.9. The molecule has 0 fully saturated rings. The molecule has 2 N–H and O–H groups in total. The van der Waals surface area contributed by atoms with Crippen LogP contribution in [0.4, 0.5) is 11.4 Å². The third-order valence-electron chi connectivity index (χ3n) is 1.85. The zero-order chi connectivity index (χ0) is 13.8. The molecule has 1 aromatic rings. The van der Waals surface area contributed by atoms with E-state index >= 15 is 0 Å². The van der Waals surface area contributed by atoms with E-state index in [1.807, 2.05) is 0 Å². The first-order valence-electron chi connectivity index (χ1n) is 4.81. The van der Waals surface area contributed by atoms with E-state index in [-0.39, 0.29) is 30.3 Å². The fourth-order valence-corrected chi connectivity index (χ4v) is 1.47. The molecule has 1 aromatic carbocycles. The first kappa shape index (κ1) is 14.2. The van der Waals surface area contributed by atoms with Gasteiger partial charge in [-0.2, -0.15) is 8.42 Å². The number of nitrogens with two attached hydrogens (primary N) is 1. The first-order chi connectivity index (χ1) is 8.29. The van der Waals surface area contributed by atoms with Crippen LogP contribution in [-0.4, -0.2) is 32.8 Å². The van der Waals surface area contributed by atoms with Gasteiger partial charge >= 0.3 is 0 Å². The summed E-state index contributed by atoms with van der Waals surface area (Å²) in [4.78, 5) is 9.95. The number of nitro groups is 1. The van der Waals surface area contributed by atoms with Crippen molar-refractivity contribution in [1.82, 2.24) is 0 Å². The third kappa shape index (κ3) is 4.55. The summed E-state index contributed by atoms with van der Waals surface area (Å²) in [6.07, 6.45) is 0.911. The zero-order valence-electron chi connectivity index (χ0n) is 9.53. The van der Waals surface area contributed by atoms with Gasteiger partial charge in [0.2, 0.25) is 0 Å². The number of nitro benzene ring substituents is 1. The van der Waals surface area contributed by atoms with Crippen molar-refractivity contribution in [3.05, 3.63) is 28.3 Å². The monoisotopic (exact) mass is 276 g/mol. The Balaban J connectivity index is 2.61. The van der Waals surface area contributed by atoms with Gasteiger partial charge in [-0.3, -0.25) is 14.3 Å². The lowest BCUT2D eigenvalue weighted by Crippen LogP contribution is -2.11. The Morgan fingerprint density at radius 3 is 2.61 bits per heavy atom. The van der Waals surface area contributed by atoms with Crippen molar-refractivity contribution in [3.8, 4) is 5.75 Å². The predicted molar refractivity (Wildman–Crippen MR) is 63.8 cm³/mol. The highest BCUT2D eigenvalue weighted by Gasteiger charge is 2.10. The molecule has 0 radical (unpaired) electrons. The highest BCUT2D eigenvalue weighted by atomic mass is 32.2. The van der Waals surface area contributed by atoms with Crippen molar-refractivity contribution >= 4 is 21.5 Å². The second-order valence-corrected chi connectivity index (χ2v) is 5.00. The molecule has 0 saturated heterocycles. The van der Waals surface area contributed by atoms with Gasteiger partial charge in [0.05, 0.1) is 22.9 Å². The van der Waals surface area contributed by atoms with E-state index in [0.29, 0.717) is 0 Å². The number of nitrogen functional groups attached to an aromatic ring is 1. The Morgan fingerprint density at radius 1 is 1.39 bits per heavy atom. The van der Waals surface area contributed by atoms with Gasteiger partial charge in [-0.25, -0.2) is 0 Å². The molecular weight excluding hydrogens is 264 g/mol. The highest BCUT2D eigenvalue weighted by molar-refractivity contribution is 7.85. The lowest BCUT2D eigenvalue weighted by molar-refractivity contribution is -0.384. The molecule has 0 heterocycles. The molecule has 1 rings (SSSR count). The lowest BCUT2D eigenvalue weighted by atomic mass is 10.2. The van der Waals surface area contributed by atoms with Gasteiger partial charge in [0.25, 0.3) is 15.8 Å². The van der Waals surface area contributed by atoms with Gasteiger partial charge in [-0.15, -0.1) is 0 Å². The molecule has 18 heavy (non-hydrogen) atoms. The fourth-order valence-electron chi connectivity index (χ4n) is 1.10. The van der Waals surface area contributed by atoms with E-state index in [1.54, 1.807) is 0 Å². The third-order valence-corrected chi connectivity index (χ3v) is 2.44. The van der Waals surface area contributed by atoms with Gasteiger partial charge in [-0.1, -0.05) is 0 Å². The second kappa shape index (κ2) is 5.65. The maximum Gasteiger partial charge on any atom is 0.273 e. The van der Waals surface area contributed by atoms with E-state index in [0.717, 1.165) is 12.3 Å². The molecule has 0 amide bonds. The van der Waals surface area contributed by atoms with Gasteiger partial charge in [0.15, 0.2) is 0 Å². The quantitative estimate of drug-likeness (QED) is 0.264. The number of anilines is 1. The Bertz CT molecular complexity index is 542. The van der Waals surface area contributed by atoms with Crippen LogP contribution in [-0.2, 0) is 14.3 Å². The number of hydrogen-bond acceptors (Lipinski definition) is 7. The predicted octanol–water partition coefficient (Wildman–Crippen LogP) is 0.532. The molecule has 0 atom stereocenters. The van der Waals surface area contributed by atoms with Crippen molar-refractivity contribution in [2.75, 3.05) is 25.2 Å². The van der Waals surface area contributed by atoms with Crippen LogP contribution >= 0.6 is 0 Å². The summed E-state index contributed by atoms with van der Waals surface area (Å²) >= 11 is 0. The van der Waals surface area contributed by atoms with Crippen molar-refractivity contribution in [2.24, 2.45) is 0 Å². The summed E-state index contributed by atoms with van der Waals surface area (Å²) in [6.45, 7) is -0.278. The molecule has 0 aliphatic rings. The second-order valence-electron chi connectivity index (χ2n) is 3.35. The number of benzene rings is 1. The topological polar surface area (TPSA) is 122 Å². The van der Waals surface area contributed by atoms with Crippen molar-refractivity contribution < 1.29 is 22.3 Å². The number of nitrogens with zero attached hydrogens (tertiary/aromatic N) is 1. The molecule has 0 aliphatic heterocycles. The molecular formula is C9H12N2O6S. The van der Waals surface area contributed by atoms with Gasteiger partial charge in [0, 0.05) is 6.07 Å². The zero-order valence-corrected chi connectivity index (χ0v) is 10.3. The van der Waals surface area contributed by atoms with Crippen LogP contribution in [0.15, 0.2) is 18.2 Å². The highest BCUT2D eigenvalue weighted by Crippen LogP contribution is 2.26. The Labute approximate surface area is 104 Å². The van der Waals surface area contributed by atoms with Crippen LogP contribution in [0.1, 0.15) is 0 Å². The SMILES string of the molecule is CS(=O)(=O)OCCOc1cc([N+](=O)[O-])ccc1N. The van der Waals surface area contributed by atoms with Crippen LogP contribution in [0.3, 0.4) is 0 Å². The van der Waals surface area contributed by atoms with Crippen molar-refractivity contribution in [3.63, 3.8) is 0 Å². The minimum atomic E-state index is -3.53. The lowest BCUT2D eigenvalue weighted by Gasteiger charge is -2.08. The van der Waals surface area contributed by atoms with Crippen molar-refractivity contribution in [1.29, 1.82) is 0 Å². The number of ether oxygens (including phenoxy) is 1. The summed E-state index contributed by atoms with van der Waals surface area (Å²) in [5.74, 6) is 0.112. The van der Waals surface area contributed by atoms with E-state index in [9.17, 15) is 18.5 Å². The fraction of sp³-hybridized carbons (Fsp3) is 0.333. The van der Waals surface area contributed by atoms with Gasteiger partial charge < -0.3 is 10.5 Å². The van der Waals surface area contributed by atoms with E-state index in [2.05, 4.69) is 4.18 Å². The maximum absolute atomic E-state index is 10.7. The van der Waals surface area contributed by atoms with Crippen LogP contribution in [0.2, 0.25) is 0 Å². The molecule has 0 bridgehead atoms. The Hall–Kier alpha value is -1.87. The number of non-ortho nitro benzene ring substituents is 1. The summed E-state index contributed by atoms with van der Waals surface area (Å²) in [5, 5.41) is 10.5. The Kier molecular flexibility index (Phi) is 4.45. The van der Waals surface area contributed by atoms with Crippen LogP contribution < -0.4 is 10.5 Å². The minimum absolute atomic E-state index is 0.0849. The average molecular weight is 276 g/mol. The molecule has 100 valence electrons. The smallest absolute Gasteiger partial charge is 0.273 e. The molecule has 0 aromatic heterocycles. The summed E-state index contributed by atoms with van der Waals surface area (Å²) in [6, 6.07) is 3.75. The number of hydrogen-bond donors (Lipinski definition) is 1. The summed E-state index contributed by atoms with van der Waals surface area (Å²) in [7, 11) is -3.53. The standard InChI is InChI=1S/C9H12N2O6S/c1-18(14,15)17-5-4-16-9-6-7(11(12)13)2-3-8(9)10/h2-3,6H,4-5,10H2,1H3. The van der Waals surface area contributed by atoms with Crippen LogP contribution in [0.5, 0.6) is 5.75 Å². The van der Waals surface area contributed by atoms with Gasteiger partial charge in [-0.05, 0) is 6.07 Å². The average Bonchev–Trinajstić information content (AvgIpc) is 2.24. The molecule has 0 saturated carbocycles. The van der Waals surface area contributed by atoms with E-state index in [4.69, 9.17) is 10.5 Å². The molecule has 0 aliphatic carbocycles. The maximum atomic E-state index is 10.7. The normalized spacial score (nSPS) is 11.2. The largest absolute Gasteiger partial charge is 0.489 e. The minimum Gasteiger partial charge on any atom is -0.489 e. The molecule has 0 unspecified atom stereocenters. The van der Waals surface area contributed by atoms with Crippen molar-refractivity contribution in [2.45, 2.75) is 0 Å². The first-order valence-corrected chi connectivity index (χ1v) is 6.62. The summed E-state index contributed by atoms with van der Waals surface area (Å²) in [5.41, 5.74) is 5.61.